The summed E-state index contributed by atoms with van der Waals surface area (Å²) in [5, 5.41) is -0.164. The molecule has 2 nitrogen and oxygen atoms in total. The quantitative estimate of drug-likeness (QED) is 0.481. The summed E-state index contributed by atoms with van der Waals surface area (Å²) in [6, 6.07) is 0. The third-order valence-electron chi connectivity index (χ3n) is 3.60. The van der Waals surface area contributed by atoms with Crippen LogP contribution in [0.25, 0.3) is 0 Å². The molecule has 0 unspecified atom stereocenters. The number of rotatable bonds is 8. The number of carbonyl (C=O) groups is 1. The predicted molar refractivity (Wildman–Crippen MR) is 71.3 cm³/mol. The molecule has 0 aromatic heterocycles. The van der Waals surface area contributed by atoms with Crippen LogP contribution in [0.1, 0.15) is 64.7 Å². The first-order valence-corrected chi connectivity index (χ1v) is 7.42. The molecule has 17 heavy (non-hydrogen) atoms. The van der Waals surface area contributed by atoms with Crippen molar-refractivity contribution in [1.29, 1.82) is 0 Å². The third kappa shape index (κ3) is 6.42. The molecule has 0 amide bonds. The summed E-state index contributed by atoms with van der Waals surface area (Å²) in [5.41, 5.74) is 0. The van der Waals surface area contributed by atoms with Gasteiger partial charge in [-0.25, -0.2) is 0 Å². The molecule has 0 radical (unpaired) electrons. The van der Waals surface area contributed by atoms with E-state index in [-0.39, 0.29) is 11.2 Å². The van der Waals surface area contributed by atoms with Crippen molar-refractivity contribution >= 4 is 16.8 Å². The van der Waals surface area contributed by atoms with Crippen molar-refractivity contribution in [3.8, 4) is 0 Å². The van der Waals surface area contributed by atoms with E-state index in [1.54, 1.807) is 0 Å². The van der Waals surface area contributed by atoms with Gasteiger partial charge in [-0.3, -0.25) is 4.79 Å². The van der Waals surface area contributed by atoms with E-state index in [1.807, 2.05) is 0 Å². The van der Waals surface area contributed by atoms with Gasteiger partial charge in [0.15, 0.2) is 0 Å². The van der Waals surface area contributed by atoms with Crippen LogP contribution in [0.4, 0.5) is 0 Å². The maximum Gasteiger partial charge on any atom is 0.224 e. The van der Waals surface area contributed by atoms with Gasteiger partial charge in [-0.05, 0) is 43.7 Å². The van der Waals surface area contributed by atoms with Gasteiger partial charge in [-0.2, -0.15) is 0 Å². The van der Waals surface area contributed by atoms with Gasteiger partial charge >= 0.3 is 0 Å². The Labute approximate surface area is 110 Å². The van der Waals surface area contributed by atoms with Gasteiger partial charge in [0.2, 0.25) is 5.24 Å². The van der Waals surface area contributed by atoms with Crippen LogP contribution in [0.15, 0.2) is 0 Å². The van der Waals surface area contributed by atoms with E-state index in [9.17, 15) is 4.79 Å². The molecule has 1 saturated carbocycles. The van der Waals surface area contributed by atoms with Crippen LogP contribution in [0.2, 0.25) is 0 Å². The summed E-state index contributed by atoms with van der Waals surface area (Å²) in [6.07, 6.45) is 10.6. The molecule has 0 bridgehead atoms. The Hall–Kier alpha value is -0.0800. The molecule has 0 aromatic rings. The van der Waals surface area contributed by atoms with Crippen molar-refractivity contribution < 1.29 is 9.53 Å². The van der Waals surface area contributed by atoms with Crippen LogP contribution in [-0.4, -0.2) is 18.0 Å². The predicted octanol–water partition coefficient (Wildman–Crippen LogP) is 4.30. The Morgan fingerprint density at radius 2 is 1.76 bits per heavy atom. The number of ether oxygens (including phenoxy) is 1. The fraction of sp³-hybridized carbons (Fsp3) is 0.929. The highest BCUT2D eigenvalue weighted by Gasteiger charge is 2.25. The molecule has 1 aliphatic carbocycles. The van der Waals surface area contributed by atoms with Crippen molar-refractivity contribution in [3.63, 3.8) is 0 Å². The van der Waals surface area contributed by atoms with Crippen molar-refractivity contribution in [2.75, 3.05) is 6.61 Å². The number of unbranched alkanes of at least 4 members (excludes halogenated alkanes) is 4. The molecule has 1 aliphatic rings. The first-order chi connectivity index (χ1) is 8.24. The Balaban J connectivity index is 1.97. The third-order valence-corrected chi connectivity index (χ3v) is 3.91. The van der Waals surface area contributed by atoms with Crippen molar-refractivity contribution in [2.24, 2.45) is 5.92 Å². The molecular weight excluding hydrogens is 236 g/mol. The minimum absolute atomic E-state index is 0.0843. The van der Waals surface area contributed by atoms with E-state index in [0.29, 0.717) is 6.10 Å². The molecule has 1 fully saturated rings. The second-order valence-corrected chi connectivity index (χ2v) is 5.44. The molecule has 0 atom stereocenters. The van der Waals surface area contributed by atoms with Gasteiger partial charge in [0.1, 0.15) is 0 Å². The van der Waals surface area contributed by atoms with Crippen molar-refractivity contribution in [3.05, 3.63) is 0 Å². The lowest BCUT2D eigenvalue weighted by molar-refractivity contribution is -0.117. The summed E-state index contributed by atoms with van der Waals surface area (Å²) in [4.78, 5) is 11.0. The molecule has 0 aliphatic heterocycles. The highest BCUT2D eigenvalue weighted by molar-refractivity contribution is 6.63. The SMILES string of the molecule is CCCCCCCOC1CCC(C(=O)Cl)CC1. The van der Waals surface area contributed by atoms with Crippen LogP contribution >= 0.6 is 11.6 Å². The lowest BCUT2D eigenvalue weighted by Gasteiger charge is -2.26. The van der Waals surface area contributed by atoms with Crippen LogP contribution in [0.3, 0.4) is 0 Å². The van der Waals surface area contributed by atoms with Crippen LogP contribution < -0.4 is 0 Å². The standard InChI is InChI=1S/C14H25ClO2/c1-2-3-4-5-6-11-17-13-9-7-12(8-10-13)14(15)16/h12-13H,2-11H2,1H3. The van der Waals surface area contributed by atoms with Gasteiger partial charge in [-0.15, -0.1) is 0 Å². The second-order valence-electron chi connectivity index (χ2n) is 5.06. The van der Waals surface area contributed by atoms with Crippen LogP contribution in [-0.2, 0) is 9.53 Å². The van der Waals surface area contributed by atoms with Crippen LogP contribution in [0, 0.1) is 5.92 Å². The van der Waals surface area contributed by atoms with E-state index < -0.39 is 0 Å². The van der Waals surface area contributed by atoms with Gasteiger partial charge in [0.05, 0.1) is 6.10 Å². The largest absolute Gasteiger partial charge is 0.378 e. The summed E-state index contributed by atoms with van der Waals surface area (Å²) >= 11 is 5.50. The van der Waals surface area contributed by atoms with E-state index in [0.717, 1.165) is 32.3 Å². The van der Waals surface area contributed by atoms with Crippen LogP contribution in [0.5, 0.6) is 0 Å². The molecule has 0 spiro atoms. The Morgan fingerprint density at radius 3 is 2.35 bits per heavy atom. The number of carbonyl (C=O) groups excluding carboxylic acids is 1. The molecular formula is C14H25ClO2. The zero-order chi connectivity index (χ0) is 12.5. The average molecular weight is 261 g/mol. The monoisotopic (exact) mass is 260 g/mol. The van der Waals surface area contributed by atoms with E-state index in [4.69, 9.17) is 16.3 Å². The summed E-state index contributed by atoms with van der Waals surface area (Å²) in [7, 11) is 0. The summed E-state index contributed by atoms with van der Waals surface area (Å²) < 4.78 is 5.84. The average Bonchev–Trinajstić information content (AvgIpc) is 2.34. The highest BCUT2D eigenvalue weighted by atomic mass is 35.5. The zero-order valence-corrected chi connectivity index (χ0v) is 11.7. The van der Waals surface area contributed by atoms with Gasteiger partial charge in [0, 0.05) is 12.5 Å². The summed E-state index contributed by atoms with van der Waals surface area (Å²) in [6.45, 7) is 3.11. The fourth-order valence-corrected chi connectivity index (χ4v) is 2.63. The highest BCUT2D eigenvalue weighted by Crippen LogP contribution is 2.27. The molecule has 0 N–H and O–H groups in total. The molecule has 3 heteroatoms. The van der Waals surface area contributed by atoms with Crippen molar-refractivity contribution in [2.45, 2.75) is 70.8 Å². The molecule has 100 valence electrons. The van der Waals surface area contributed by atoms with E-state index in [2.05, 4.69) is 6.92 Å². The second kappa shape index (κ2) is 8.93. The minimum Gasteiger partial charge on any atom is -0.378 e. The number of halogens is 1. The number of hydrogen-bond donors (Lipinski definition) is 0. The Kier molecular flexibility index (Phi) is 7.87. The van der Waals surface area contributed by atoms with Crippen molar-refractivity contribution in [1.82, 2.24) is 0 Å². The molecule has 0 heterocycles. The van der Waals surface area contributed by atoms with Gasteiger partial charge in [-0.1, -0.05) is 32.6 Å². The first-order valence-electron chi connectivity index (χ1n) is 7.05. The lowest BCUT2D eigenvalue weighted by atomic mass is 9.88. The molecule has 1 rings (SSSR count). The smallest absolute Gasteiger partial charge is 0.224 e. The maximum absolute atomic E-state index is 11.0. The molecule has 0 aromatic carbocycles. The van der Waals surface area contributed by atoms with Gasteiger partial charge < -0.3 is 4.74 Å². The fourth-order valence-electron chi connectivity index (χ4n) is 2.41. The summed E-state index contributed by atoms with van der Waals surface area (Å²) in [5.74, 6) is 0.0843. The minimum atomic E-state index is -0.164. The molecule has 0 saturated heterocycles. The lowest BCUT2D eigenvalue weighted by Crippen LogP contribution is -2.24. The number of hydrogen-bond acceptors (Lipinski definition) is 2. The first kappa shape index (κ1) is 15.0. The van der Waals surface area contributed by atoms with E-state index in [1.165, 1.54) is 32.1 Å². The van der Waals surface area contributed by atoms with E-state index >= 15 is 0 Å². The Bertz CT molecular complexity index is 210. The normalized spacial score (nSPS) is 24.8. The zero-order valence-electron chi connectivity index (χ0n) is 10.9. The maximum atomic E-state index is 11.0. The topological polar surface area (TPSA) is 26.3 Å². The Morgan fingerprint density at radius 1 is 1.12 bits per heavy atom. The van der Waals surface area contributed by atoms with Gasteiger partial charge in [0.25, 0.3) is 0 Å².